The van der Waals surface area contributed by atoms with Crippen molar-refractivity contribution in [1.29, 1.82) is 0 Å². The largest absolute Gasteiger partial charge is 0.453 e. The van der Waals surface area contributed by atoms with E-state index in [1.807, 2.05) is 0 Å². The molecule has 0 bridgehead atoms. The first-order chi connectivity index (χ1) is 11.6. The van der Waals surface area contributed by atoms with Crippen molar-refractivity contribution in [2.75, 3.05) is 19.0 Å². The molecule has 1 aromatic heterocycles. The van der Waals surface area contributed by atoms with Gasteiger partial charge >= 0.3 is 6.09 Å². The zero-order valence-corrected chi connectivity index (χ0v) is 13.8. The quantitative estimate of drug-likeness (QED) is 0.907. The maximum atomic E-state index is 12.6. The fourth-order valence-electron chi connectivity index (χ4n) is 2.73. The molecule has 0 atom stereocenters. The van der Waals surface area contributed by atoms with Crippen molar-refractivity contribution in [1.82, 2.24) is 9.88 Å². The molecule has 1 aromatic carbocycles. The highest BCUT2D eigenvalue weighted by molar-refractivity contribution is 6.33. The van der Waals surface area contributed by atoms with Gasteiger partial charge in [-0.1, -0.05) is 23.7 Å². The first-order valence-corrected chi connectivity index (χ1v) is 7.82. The van der Waals surface area contributed by atoms with Crippen LogP contribution in [0.5, 0.6) is 0 Å². The lowest BCUT2D eigenvalue weighted by Crippen LogP contribution is -2.36. The van der Waals surface area contributed by atoms with Crippen LogP contribution in [-0.2, 0) is 17.7 Å². The molecular weight excluding hydrogens is 330 g/mol. The number of carbonyl (C=O) groups excluding carboxylic acids is 2. The van der Waals surface area contributed by atoms with Crippen molar-refractivity contribution >= 4 is 29.3 Å². The van der Waals surface area contributed by atoms with Gasteiger partial charge in [-0.25, -0.2) is 4.79 Å². The number of carbonyl (C=O) groups is 2. The molecule has 0 saturated carbocycles. The summed E-state index contributed by atoms with van der Waals surface area (Å²) in [6.45, 7) is 0.873. The Morgan fingerprint density at radius 3 is 2.83 bits per heavy atom. The van der Waals surface area contributed by atoms with Crippen molar-refractivity contribution in [3.63, 3.8) is 0 Å². The Balaban J connectivity index is 1.84. The fourth-order valence-corrected chi connectivity index (χ4v) is 2.91. The first kappa shape index (κ1) is 16.3. The molecule has 0 aliphatic carbocycles. The molecule has 1 N–H and O–H groups in total. The van der Waals surface area contributed by atoms with E-state index in [1.165, 1.54) is 7.11 Å². The molecule has 1 aliphatic rings. The van der Waals surface area contributed by atoms with Crippen LogP contribution in [0.2, 0.25) is 5.02 Å². The van der Waals surface area contributed by atoms with Crippen LogP contribution in [0.15, 0.2) is 36.7 Å². The zero-order valence-electron chi connectivity index (χ0n) is 13.1. The minimum absolute atomic E-state index is 0.265. The van der Waals surface area contributed by atoms with Crippen LogP contribution in [0, 0.1) is 0 Å². The summed E-state index contributed by atoms with van der Waals surface area (Å²) < 4.78 is 4.75. The average Bonchev–Trinajstić information content (AvgIpc) is 2.61. The third-order valence-corrected chi connectivity index (χ3v) is 4.27. The van der Waals surface area contributed by atoms with E-state index in [-0.39, 0.29) is 12.0 Å². The number of hydrogen-bond acceptors (Lipinski definition) is 4. The minimum Gasteiger partial charge on any atom is -0.453 e. The second kappa shape index (κ2) is 6.88. The predicted molar refractivity (Wildman–Crippen MR) is 90.2 cm³/mol. The molecular formula is C17H16ClN3O3. The van der Waals surface area contributed by atoms with Crippen molar-refractivity contribution in [3.8, 4) is 0 Å². The van der Waals surface area contributed by atoms with E-state index in [0.717, 1.165) is 11.1 Å². The number of anilines is 1. The molecule has 2 heterocycles. The molecule has 0 spiro atoms. The topological polar surface area (TPSA) is 71.5 Å². The molecule has 0 saturated heterocycles. The summed E-state index contributed by atoms with van der Waals surface area (Å²) in [5, 5.41) is 3.28. The summed E-state index contributed by atoms with van der Waals surface area (Å²) in [4.78, 5) is 30.0. The second-order valence-corrected chi connectivity index (χ2v) is 5.81. The molecule has 3 rings (SSSR count). The molecule has 6 nitrogen and oxygen atoms in total. The van der Waals surface area contributed by atoms with E-state index in [9.17, 15) is 9.59 Å². The molecule has 0 radical (unpaired) electrons. The standard InChI is InChI=1S/C17H16ClN3O3/c1-24-17(23)21-7-6-12-11(10-21)8-19-9-13(12)16(22)20-15-5-3-2-4-14(15)18/h2-5,8-9H,6-7,10H2,1H3,(H,20,22). The van der Waals surface area contributed by atoms with Gasteiger partial charge in [0.25, 0.3) is 5.91 Å². The Morgan fingerprint density at radius 2 is 2.08 bits per heavy atom. The highest BCUT2D eigenvalue weighted by Crippen LogP contribution is 2.25. The number of fused-ring (bicyclic) bond motifs is 1. The Hall–Kier alpha value is -2.60. The van der Waals surface area contributed by atoms with E-state index < -0.39 is 0 Å². The number of ether oxygens (including phenoxy) is 1. The fraction of sp³-hybridized carbons (Fsp3) is 0.235. The van der Waals surface area contributed by atoms with Crippen LogP contribution in [0.1, 0.15) is 21.5 Å². The average molecular weight is 346 g/mol. The summed E-state index contributed by atoms with van der Waals surface area (Å²) in [6, 6.07) is 7.05. The number of nitrogens with zero attached hydrogens (tertiary/aromatic N) is 2. The summed E-state index contributed by atoms with van der Waals surface area (Å²) >= 11 is 6.08. The van der Waals surface area contributed by atoms with Gasteiger partial charge in [-0.05, 0) is 29.7 Å². The monoisotopic (exact) mass is 345 g/mol. The predicted octanol–water partition coefficient (Wildman–Crippen LogP) is 3.11. The number of rotatable bonds is 2. The number of nitrogens with one attached hydrogen (secondary N) is 1. The molecule has 7 heteroatoms. The Bertz CT molecular complexity index is 794. The lowest BCUT2D eigenvalue weighted by Gasteiger charge is -2.28. The summed E-state index contributed by atoms with van der Waals surface area (Å²) in [5.74, 6) is -0.265. The first-order valence-electron chi connectivity index (χ1n) is 7.44. The maximum absolute atomic E-state index is 12.6. The SMILES string of the molecule is COC(=O)N1CCc2c(cncc2C(=O)Nc2ccccc2Cl)C1. The second-order valence-electron chi connectivity index (χ2n) is 5.40. The van der Waals surface area contributed by atoms with Gasteiger partial charge in [0.05, 0.1) is 29.9 Å². The smallest absolute Gasteiger partial charge is 0.409 e. The lowest BCUT2D eigenvalue weighted by atomic mass is 9.97. The maximum Gasteiger partial charge on any atom is 0.409 e. The van der Waals surface area contributed by atoms with Crippen molar-refractivity contribution in [2.45, 2.75) is 13.0 Å². The molecule has 2 amide bonds. The van der Waals surface area contributed by atoms with E-state index in [0.29, 0.717) is 35.8 Å². The van der Waals surface area contributed by atoms with Gasteiger partial charge in [-0.3, -0.25) is 9.78 Å². The number of amides is 2. The van der Waals surface area contributed by atoms with Gasteiger partial charge in [0.15, 0.2) is 0 Å². The summed E-state index contributed by atoms with van der Waals surface area (Å²) in [5.41, 5.74) is 2.79. The van der Waals surface area contributed by atoms with Gasteiger partial charge < -0.3 is 15.0 Å². The van der Waals surface area contributed by atoms with Crippen molar-refractivity contribution in [3.05, 3.63) is 58.4 Å². The third kappa shape index (κ3) is 3.19. The van der Waals surface area contributed by atoms with Crippen LogP contribution < -0.4 is 5.32 Å². The summed E-state index contributed by atoms with van der Waals surface area (Å²) in [7, 11) is 1.35. The third-order valence-electron chi connectivity index (χ3n) is 3.94. The van der Waals surface area contributed by atoms with Crippen molar-refractivity contribution in [2.24, 2.45) is 0 Å². The van der Waals surface area contributed by atoms with Gasteiger partial charge in [-0.2, -0.15) is 0 Å². The number of pyridine rings is 1. The minimum atomic E-state index is -0.383. The molecule has 24 heavy (non-hydrogen) atoms. The Labute approximate surface area is 144 Å². The van der Waals surface area contributed by atoms with E-state index in [1.54, 1.807) is 41.6 Å². The van der Waals surface area contributed by atoms with Gasteiger partial charge in [0.2, 0.25) is 0 Å². The number of benzene rings is 1. The molecule has 0 unspecified atom stereocenters. The molecule has 1 aliphatic heterocycles. The van der Waals surface area contributed by atoms with Gasteiger partial charge in [-0.15, -0.1) is 0 Å². The molecule has 0 fully saturated rings. The van der Waals surface area contributed by atoms with Crippen LogP contribution in [-0.4, -0.2) is 35.5 Å². The van der Waals surface area contributed by atoms with Crippen LogP contribution in [0.3, 0.4) is 0 Å². The van der Waals surface area contributed by atoms with Crippen LogP contribution in [0.4, 0.5) is 10.5 Å². The van der Waals surface area contributed by atoms with Gasteiger partial charge in [0.1, 0.15) is 0 Å². The van der Waals surface area contributed by atoms with Gasteiger partial charge in [0, 0.05) is 18.9 Å². The number of aromatic nitrogens is 1. The lowest BCUT2D eigenvalue weighted by molar-refractivity contribution is 0.102. The van der Waals surface area contributed by atoms with E-state index in [2.05, 4.69) is 10.3 Å². The summed E-state index contributed by atoms with van der Waals surface area (Å²) in [6.07, 6.45) is 3.40. The highest BCUT2D eigenvalue weighted by Gasteiger charge is 2.25. The zero-order chi connectivity index (χ0) is 17.1. The van der Waals surface area contributed by atoms with Crippen LogP contribution >= 0.6 is 11.6 Å². The Kier molecular flexibility index (Phi) is 4.66. The Morgan fingerprint density at radius 1 is 1.29 bits per heavy atom. The molecule has 2 aromatic rings. The van der Waals surface area contributed by atoms with Crippen molar-refractivity contribution < 1.29 is 14.3 Å². The normalized spacial score (nSPS) is 13.2. The number of halogens is 1. The number of methoxy groups -OCH3 is 1. The van der Waals surface area contributed by atoms with Crippen LogP contribution in [0.25, 0.3) is 0 Å². The molecule has 124 valence electrons. The van der Waals surface area contributed by atoms with E-state index >= 15 is 0 Å². The van der Waals surface area contributed by atoms with E-state index in [4.69, 9.17) is 16.3 Å². The number of para-hydroxylation sites is 1. The number of hydrogen-bond donors (Lipinski definition) is 1. The highest BCUT2D eigenvalue weighted by atomic mass is 35.5.